The highest BCUT2D eigenvalue weighted by molar-refractivity contribution is 5.85. The summed E-state index contributed by atoms with van der Waals surface area (Å²) < 4.78 is 3.18. The van der Waals surface area contributed by atoms with Crippen molar-refractivity contribution in [2.75, 3.05) is 72.8 Å². The number of aliphatic carboxylic acids is 1. The zero-order valence-electron chi connectivity index (χ0n) is 44.9. The minimum absolute atomic E-state index is 0. The fourth-order valence-electron chi connectivity index (χ4n) is 11.0. The number of fused-ring (bicyclic) bond motifs is 4. The van der Waals surface area contributed by atoms with Crippen molar-refractivity contribution < 1.29 is 14.7 Å². The first-order chi connectivity index (χ1) is 37.6. The van der Waals surface area contributed by atoms with Crippen LogP contribution in [0.1, 0.15) is 75.2 Å². The number of benzene rings is 2. The summed E-state index contributed by atoms with van der Waals surface area (Å²) in [6.07, 6.45) is 16.8. The Morgan fingerprint density at radius 1 is 0.684 bits per heavy atom. The molecule has 2 saturated heterocycles. The van der Waals surface area contributed by atoms with E-state index in [1.165, 1.54) is 39.9 Å². The first-order valence-corrected chi connectivity index (χ1v) is 27.2. The highest BCUT2D eigenvalue weighted by atomic mass is 35.5. The van der Waals surface area contributed by atoms with Crippen LogP contribution in [-0.2, 0) is 61.3 Å². The van der Waals surface area contributed by atoms with Crippen molar-refractivity contribution in [1.82, 2.24) is 76.0 Å². The van der Waals surface area contributed by atoms with Crippen LogP contribution in [0.2, 0.25) is 0 Å². The number of hydrogen-bond donors (Lipinski definition) is 7. The van der Waals surface area contributed by atoms with E-state index in [0.29, 0.717) is 43.5 Å². The van der Waals surface area contributed by atoms with Crippen LogP contribution in [0.25, 0.3) is 22.3 Å². The molecule has 2 aliphatic carbocycles. The van der Waals surface area contributed by atoms with Crippen molar-refractivity contribution in [3.63, 3.8) is 0 Å². The molecule has 5 aromatic heterocycles. The zero-order chi connectivity index (χ0) is 53.3. The molecule has 8 heterocycles. The highest BCUT2D eigenvalue weighted by Gasteiger charge is 2.29. The lowest BCUT2D eigenvalue weighted by atomic mass is 9.95. The molecule has 5 aliphatic rings. The molecule has 7 N–H and O–H groups in total. The Kier molecular flexibility index (Phi) is 19.6. The molecule has 2 aromatic carbocycles. The predicted molar refractivity (Wildman–Crippen MR) is 309 cm³/mol. The molecule has 0 radical (unpaired) electrons. The van der Waals surface area contributed by atoms with Crippen LogP contribution < -0.4 is 36.6 Å². The van der Waals surface area contributed by atoms with Crippen molar-refractivity contribution in [1.29, 1.82) is 0 Å². The number of carboxylic acids is 1. The number of hydrogen-bond acceptors (Lipinski definition) is 17. The molecule has 7 aromatic rings. The summed E-state index contributed by atoms with van der Waals surface area (Å²) in [7, 11) is 0. The third kappa shape index (κ3) is 13.8. The normalized spacial score (nSPS) is 17.0. The van der Waals surface area contributed by atoms with Gasteiger partial charge >= 0.3 is 5.97 Å². The number of carbonyl (C=O) groups excluding carboxylic acids is 1. The Bertz CT molecular complexity index is 3020. The molecule has 0 bridgehead atoms. The number of H-pyrrole nitrogens is 1. The number of carboxylic acid groups (broad SMARTS) is 1. The molecule has 3 aliphatic heterocycles. The van der Waals surface area contributed by atoms with Gasteiger partial charge in [-0.25, -0.2) is 19.9 Å². The molecule has 2 atom stereocenters. The molecular weight excluding hydrogens is 1020 g/mol. The van der Waals surface area contributed by atoms with Gasteiger partial charge < -0.3 is 35.8 Å². The molecule has 79 heavy (non-hydrogen) atoms. The lowest BCUT2D eigenvalue weighted by Gasteiger charge is -2.25. The molecule has 23 heteroatoms. The van der Waals surface area contributed by atoms with Gasteiger partial charge in [-0.1, -0.05) is 56.0 Å². The Balaban J connectivity index is 0.000000178. The smallest absolute Gasteiger partial charge is 0.325 e. The average Bonchev–Trinajstić information content (AvgIpc) is 4.34. The van der Waals surface area contributed by atoms with E-state index in [9.17, 15) is 9.59 Å². The maximum Gasteiger partial charge on any atom is 0.325 e. The Hall–Kier alpha value is -7.53. The number of nitrogens with one attached hydrogen (secondary N) is 6. The Morgan fingerprint density at radius 2 is 1.16 bits per heavy atom. The van der Waals surface area contributed by atoms with Crippen molar-refractivity contribution in [2.24, 2.45) is 5.92 Å². The van der Waals surface area contributed by atoms with Crippen LogP contribution in [0.15, 0.2) is 85.7 Å². The Labute approximate surface area is 468 Å². The van der Waals surface area contributed by atoms with E-state index in [1.54, 1.807) is 23.3 Å². The highest BCUT2D eigenvalue weighted by Crippen LogP contribution is 2.32. The lowest BCUT2D eigenvalue weighted by Crippen LogP contribution is -2.44. The van der Waals surface area contributed by atoms with E-state index in [2.05, 4.69) is 139 Å². The molecule has 2 fully saturated rings. The number of amides is 1. The van der Waals surface area contributed by atoms with Gasteiger partial charge in [-0.15, -0.1) is 12.4 Å². The number of rotatable bonds is 16. The van der Waals surface area contributed by atoms with Gasteiger partial charge in [0.05, 0.1) is 12.2 Å². The quantitative estimate of drug-likeness (QED) is 0.0635. The maximum absolute atomic E-state index is 13.1. The van der Waals surface area contributed by atoms with Gasteiger partial charge in [0.15, 0.2) is 11.6 Å². The largest absolute Gasteiger partial charge is 0.480 e. The van der Waals surface area contributed by atoms with Gasteiger partial charge in [0.25, 0.3) is 0 Å². The van der Waals surface area contributed by atoms with Crippen molar-refractivity contribution in [3.05, 3.63) is 119 Å². The fourth-order valence-corrected chi connectivity index (χ4v) is 11.0. The number of hydrazine groups is 1. The van der Waals surface area contributed by atoms with Gasteiger partial charge in [-0.2, -0.15) is 25.6 Å². The summed E-state index contributed by atoms with van der Waals surface area (Å²) in [5.41, 5.74) is 17.2. The van der Waals surface area contributed by atoms with Crippen LogP contribution >= 0.6 is 12.4 Å². The van der Waals surface area contributed by atoms with Crippen LogP contribution in [0.5, 0.6) is 0 Å². The average molecular weight is 1100 g/mol. The van der Waals surface area contributed by atoms with Gasteiger partial charge in [0.2, 0.25) is 17.8 Å². The number of anilines is 4. The summed E-state index contributed by atoms with van der Waals surface area (Å²) in [6, 6.07) is 18.3. The van der Waals surface area contributed by atoms with E-state index >= 15 is 0 Å². The Morgan fingerprint density at radius 3 is 1.63 bits per heavy atom. The van der Waals surface area contributed by atoms with Gasteiger partial charge in [-0.05, 0) is 94.5 Å². The summed E-state index contributed by atoms with van der Waals surface area (Å²) in [6.45, 7) is 16.0. The molecule has 420 valence electrons. The summed E-state index contributed by atoms with van der Waals surface area (Å²) in [5.74, 6) is 2.75. The number of aromatic nitrogens is 11. The second-order valence-corrected chi connectivity index (χ2v) is 20.2. The number of aromatic amines is 1. The second kappa shape index (κ2) is 26.9. The number of halogens is 1. The lowest BCUT2D eigenvalue weighted by molar-refractivity contribution is -0.138. The van der Waals surface area contributed by atoms with Crippen LogP contribution in [0, 0.1) is 5.92 Å². The first kappa shape index (κ1) is 57.6. The van der Waals surface area contributed by atoms with Crippen LogP contribution in [0.4, 0.5) is 23.5 Å². The van der Waals surface area contributed by atoms with E-state index in [0.717, 1.165) is 116 Å². The molecule has 0 spiro atoms. The number of piperidine rings is 1. The summed E-state index contributed by atoms with van der Waals surface area (Å²) in [5, 5.41) is 39.7. The second-order valence-electron chi connectivity index (χ2n) is 20.2. The van der Waals surface area contributed by atoms with Crippen LogP contribution in [0.3, 0.4) is 0 Å². The third-order valence-electron chi connectivity index (χ3n) is 15.2. The standard InChI is InChI=1S/C27H32N10O.C22H26N6O2.C6H13N3.CH4.ClH/c1-3-35(4-2)26-22(15-37(33-26)17-25(38)36-10-9-23-24(16-36)32-34-31-23)20-13-28-27(29-14-20)30-21-11-18-7-5-6-8-19(18)12-21;1-3-27(4-2)21-19(13-28(26-21)14-20(29)30)17-11-23-22(24-12-17)25-18-9-15-7-5-6-8-16(15)10-18;1-2-7-4-6-5(1)3-8-9-6;;/h5-8,13-15,21H,3-4,9-12,16-17H2,1-2H3,(H,28,29,30)(H,31,32,34);5-8,11-13,18H,3-4,9-10,14H2,1-2H3,(H,29,30)(H,23,24,25);5-9H,1-4H2;1H4;1H. The molecule has 1 amide bonds. The van der Waals surface area contributed by atoms with E-state index in [-0.39, 0.29) is 44.9 Å². The molecule has 22 nitrogen and oxygen atoms in total. The van der Waals surface area contributed by atoms with Crippen molar-refractivity contribution in [3.8, 4) is 22.3 Å². The molecule has 0 saturated carbocycles. The third-order valence-corrected chi connectivity index (χ3v) is 15.2. The number of carbonyl (C=O) groups is 2. The van der Waals surface area contributed by atoms with Crippen molar-refractivity contribution in [2.45, 2.75) is 111 Å². The molecular formula is C56H76ClN19O3. The maximum atomic E-state index is 13.1. The molecule has 2 unspecified atom stereocenters. The minimum Gasteiger partial charge on any atom is -0.480 e. The zero-order valence-corrected chi connectivity index (χ0v) is 45.7. The monoisotopic (exact) mass is 1100 g/mol. The first-order valence-electron chi connectivity index (χ1n) is 27.2. The summed E-state index contributed by atoms with van der Waals surface area (Å²) in [4.78, 5) is 48.6. The van der Waals surface area contributed by atoms with E-state index < -0.39 is 5.97 Å². The van der Waals surface area contributed by atoms with Gasteiger partial charge in [0.1, 0.15) is 18.8 Å². The molecule has 12 rings (SSSR count). The van der Waals surface area contributed by atoms with Gasteiger partial charge in [-0.3, -0.25) is 29.8 Å². The minimum atomic E-state index is -0.927. The fraction of sp³-hybridized carbons (Fsp3) is 0.464. The van der Waals surface area contributed by atoms with Crippen LogP contribution in [-0.4, -0.2) is 147 Å². The van der Waals surface area contributed by atoms with E-state index in [4.69, 9.17) is 10.2 Å². The number of nitrogens with zero attached hydrogens (tertiary/aromatic N) is 13. The SMILES string of the molecule is C.C1CC2CNNC2CN1.CCN(CC)c1nn(CC(=O)N2CCc3n[nH]nc3C2)cc1-c1cnc(NC2Cc3ccccc3C2)nc1.CCN(CC)c1nn(CC(=O)O)cc1-c1cnc(NC2Cc3ccccc3C2)nc1.Cl. The topological polar surface area (TPSA) is 253 Å². The van der Waals surface area contributed by atoms with Crippen molar-refractivity contribution >= 4 is 47.8 Å². The summed E-state index contributed by atoms with van der Waals surface area (Å²) >= 11 is 0. The predicted octanol–water partition coefficient (Wildman–Crippen LogP) is 5.45. The van der Waals surface area contributed by atoms with Gasteiger partial charge in [0, 0.05) is 130 Å². The van der Waals surface area contributed by atoms with E-state index in [1.807, 2.05) is 37.3 Å².